The Labute approximate surface area is 192 Å². The molecule has 2 aromatic rings. The number of aromatic amines is 1. The Kier molecular flexibility index (Phi) is 6.67. The molecule has 32 heavy (non-hydrogen) atoms. The summed E-state index contributed by atoms with van der Waals surface area (Å²) in [6.07, 6.45) is 4.79. The van der Waals surface area contributed by atoms with Crippen molar-refractivity contribution in [2.45, 2.75) is 56.7 Å². The van der Waals surface area contributed by atoms with Gasteiger partial charge in [0.15, 0.2) is 5.58 Å². The predicted molar refractivity (Wildman–Crippen MR) is 123 cm³/mol. The van der Waals surface area contributed by atoms with Crippen LogP contribution >= 0.6 is 12.4 Å². The van der Waals surface area contributed by atoms with Gasteiger partial charge in [0.1, 0.15) is 0 Å². The first kappa shape index (κ1) is 23.3. The first-order valence-corrected chi connectivity index (χ1v) is 12.7. The zero-order chi connectivity index (χ0) is 21.6. The van der Waals surface area contributed by atoms with Crippen LogP contribution in [-0.2, 0) is 10.0 Å². The fraction of sp³-hybridized carbons (Fsp3) is 0.619. The van der Waals surface area contributed by atoms with Gasteiger partial charge in [-0.1, -0.05) is 0 Å². The molecule has 3 aliphatic heterocycles. The molecule has 0 radical (unpaired) electrons. The summed E-state index contributed by atoms with van der Waals surface area (Å²) in [5.41, 5.74) is 1.31. The van der Waals surface area contributed by atoms with Gasteiger partial charge in [-0.05, 0) is 75.7 Å². The molecule has 3 atom stereocenters. The van der Waals surface area contributed by atoms with E-state index in [9.17, 15) is 18.0 Å². The Morgan fingerprint density at radius 3 is 2.50 bits per heavy atom. The van der Waals surface area contributed by atoms with Crippen LogP contribution in [0.1, 0.15) is 48.9 Å². The summed E-state index contributed by atoms with van der Waals surface area (Å²) < 4.78 is 33.1. The summed E-state index contributed by atoms with van der Waals surface area (Å²) >= 11 is 0. The molecular weight excluding hydrogens is 456 g/mol. The Morgan fingerprint density at radius 1 is 1.12 bits per heavy atom. The van der Waals surface area contributed by atoms with Crippen LogP contribution in [-0.4, -0.2) is 60.6 Å². The molecule has 176 valence electrons. The number of carbonyl (C=O) groups excluding carboxylic acids is 1. The summed E-state index contributed by atoms with van der Waals surface area (Å²) in [5.74, 6) is -0.324. The largest absolute Gasteiger partial charge is 0.417 e. The fourth-order valence-corrected chi connectivity index (χ4v) is 7.89. The molecule has 2 bridgehead atoms. The number of sulfonamides is 1. The second-order valence-electron chi connectivity index (χ2n) is 9.05. The van der Waals surface area contributed by atoms with Crippen molar-refractivity contribution in [3.05, 3.63) is 34.3 Å². The number of carbonyl (C=O) groups is 1. The van der Waals surface area contributed by atoms with Crippen molar-refractivity contribution in [3.63, 3.8) is 0 Å². The minimum Gasteiger partial charge on any atom is -0.408 e. The smallest absolute Gasteiger partial charge is 0.408 e. The number of halogens is 1. The predicted octanol–water partition coefficient (Wildman–Crippen LogP) is 1.60. The number of oxazole rings is 1. The molecule has 1 aromatic carbocycles. The number of amides is 1. The van der Waals surface area contributed by atoms with E-state index in [2.05, 4.69) is 15.6 Å². The Hall–Kier alpha value is -1.88. The van der Waals surface area contributed by atoms with Crippen molar-refractivity contribution in [2.75, 3.05) is 18.8 Å². The van der Waals surface area contributed by atoms with Gasteiger partial charge >= 0.3 is 5.76 Å². The number of aromatic nitrogens is 1. The maximum Gasteiger partial charge on any atom is 0.417 e. The number of nitrogens with zero attached hydrogens (tertiary/aromatic N) is 1. The zero-order valence-corrected chi connectivity index (χ0v) is 19.3. The highest BCUT2D eigenvalue weighted by atomic mass is 35.5. The van der Waals surface area contributed by atoms with E-state index in [1.54, 1.807) is 22.5 Å². The lowest BCUT2D eigenvalue weighted by Crippen LogP contribution is -2.53. The van der Waals surface area contributed by atoms with Gasteiger partial charge in [-0.2, -0.15) is 4.31 Å². The molecule has 11 heteroatoms. The molecule has 0 aliphatic carbocycles. The van der Waals surface area contributed by atoms with E-state index in [0.717, 1.165) is 38.8 Å². The summed E-state index contributed by atoms with van der Waals surface area (Å²) in [7, 11) is -3.30. The highest BCUT2D eigenvalue weighted by Gasteiger charge is 2.47. The molecule has 3 aliphatic rings. The summed E-state index contributed by atoms with van der Waals surface area (Å²) in [5, 5.41) is 6.35. The van der Waals surface area contributed by atoms with Crippen molar-refractivity contribution in [3.8, 4) is 0 Å². The van der Waals surface area contributed by atoms with Crippen molar-refractivity contribution in [1.29, 1.82) is 0 Å². The SMILES string of the molecule is Cl.O=C(NC1C[C@H]2CC[C@@H](C1)N2S(=O)(=O)CC1CCNCC1)c1ccc2[nH]c(=O)oc2c1. The highest BCUT2D eigenvalue weighted by Crippen LogP contribution is 2.39. The molecule has 3 fully saturated rings. The van der Waals surface area contributed by atoms with Gasteiger partial charge in [-0.25, -0.2) is 13.2 Å². The number of hydrogen-bond acceptors (Lipinski definition) is 6. The molecule has 1 amide bonds. The molecule has 1 unspecified atom stereocenters. The number of H-pyrrole nitrogens is 1. The Balaban J connectivity index is 0.00000245. The number of hydrogen-bond donors (Lipinski definition) is 3. The van der Waals surface area contributed by atoms with Crippen LogP contribution in [0, 0.1) is 5.92 Å². The Morgan fingerprint density at radius 2 is 1.81 bits per heavy atom. The lowest BCUT2D eigenvalue weighted by molar-refractivity contribution is 0.0909. The average molecular weight is 485 g/mol. The monoisotopic (exact) mass is 484 g/mol. The van der Waals surface area contributed by atoms with Crippen molar-refractivity contribution in [2.24, 2.45) is 5.92 Å². The van der Waals surface area contributed by atoms with Crippen molar-refractivity contribution in [1.82, 2.24) is 19.9 Å². The van der Waals surface area contributed by atoms with Crippen LogP contribution in [0.3, 0.4) is 0 Å². The third-order valence-electron chi connectivity index (χ3n) is 6.91. The van der Waals surface area contributed by atoms with E-state index in [1.807, 2.05) is 0 Å². The third-order valence-corrected chi connectivity index (χ3v) is 9.04. The second kappa shape index (κ2) is 9.17. The van der Waals surface area contributed by atoms with Crippen molar-refractivity contribution >= 4 is 39.4 Å². The number of nitrogens with one attached hydrogen (secondary N) is 3. The van der Waals surface area contributed by atoms with Gasteiger partial charge in [0.25, 0.3) is 5.91 Å². The van der Waals surface area contributed by atoms with Gasteiger partial charge in [0, 0.05) is 23.7 Å². The minimum atomic E-state index is -3.30. The van der Waals surface area contributed by atoms with Gasteiger partial charge in [0.2, 0.25) is 10.0 Å². The first-order valence-electron chi connectivity index (χ1n) is 11.0. The summed E-state index contributed by atoms with van der Waals surface area (Å²) in [6.45, 7) is 1.78. The zero-order valence-electron chi connectivity index (χ0n) is 17.7. The average Bonchev–Trinajstić information content (AvgIpc) is 3.24. The molecule has 3 saturated heterocycles. The van der Waals surface area contributed by atoms with E-state index in [4.69, 9.17) is 4.42 Å². The number of fused-ring (bicyclic) bond motifs is 3. The van der Waals surface area contributed by atoms with E-state index in [-0.39, 0.29) is 48.1 Å². The lowest BCUT2D eigenvalue weighted by Gasteiger charge is -2.39. The minimum absolute atomic E-state index is 0. The number of benzene rings is 1. The van der Waals surface area contributed by atoms with Crippen LogP contribution in [0.15, 0.2) is 27.4 Å². The lowest BCUT2D eigenvalue weighted by atomic mass is 9.99. The normalized spacial score (nSPS) is 26.7. The summed E-state index contributed by atoms with van der Waals surface area (Å²) in [6, 6.07) is 4.70. The standard InChI is InChI=1S/C21H28N4O5S.ClH/c26-20(14-1-4-18-19(9-14)30-21(27)24-18)23-15-10-16-2-3-17(11-15)25(16)31(28,29)12-13-5-7-22-8-6-13;/h1,4,9,13,15-17,22H,2-3,5-8,10-12H2,(H,23,26)(H,24,27);1H/t15?,16-,17+;. The third kappa shape index (κ3) is 4.59. The molecule has 0 saturated carbocycles. The summed E-state index contributed by atoms with van der Waals surface area (Å²) in [4.78, 5) is 26.6. The molecule has 4 heterocycles. The first-order chi connectivity index (χ1) is 14.9. The van der Waals surface area contributed by atoms with Crippen LogP contribution in [0.25, 0.3) is 11.1 Å². The van der Waals surface area contributed by atoms with E-state index < -0.39 is 15.8 Å². The van der Waals surface area contributed by atoms with Crippen LogP contribution < -0.4 is 16.4 Å². The van der Waals surface area contributed by atoms with Crippen LogP contribution in [0.4, 0.5) is 0 Å². The molecule has 1 aromatic heterocycles. The van der Waals surface area contributed by atoms with Gasteiger partial charge < -0.3 is 15.1 Å². The molecule has 3 N–H and O–H groups in total. The molecular formula is C21H29ClN4O5S. The van der Waals surface area contributed by atoms with E-state index in [1.165, 1.54) is 0 Å². The number of rotatable bonds is 5. The van der Waals surface area contributed by atoms with E-state index in [0.29, 0.717) is 29.5 Å². The highest BCUT2D eigenvalue weighted by molar-refractivity contribution is 7.89. The van der Waals surface area contributed by atoms with Crippen LogP contribution in [0.2, 0.25) is 0 Å². The topological polar surface area (TPSA) is 125 Å². The van der Waals surface area contributed by atoms with Gasteiger partial charge in [0.05, 0.1) is 11.3 Å². The van der Waals surface area contributed by atoms with Gasteiger partial charge in [-0.15, -0.1) is 12.4 Å². The molecule has 9 nitrogen and oxygen atoms in total. The maximum absolute atomic E-state index is 13.2. The Bertz CT molecular complexity index is 1130. The van der Waals surface area contributed by atoms with Gasteiger partial charge in [-0.3, -0.25) is 9.78 Å². The van der Waals surface area contributed by atoms with Crippen LogP contribution in [0.5, 0.6) is 0 Å². The quantitative estimate of drug-likeness (QED) is 0.592. The maximum atomic E-state index is 13.2. The molecule has 0 spiro atoms. The van der Waals surface area contributed by atoms with E-state index >= 15 is 0 Å². The fourth-order valence-electron chi connectivity index (χ4n) is 5.49. The van der Waals surface area contributed by atoms with Crippen molar-refractivity contribution < 1.29 is 17.6 Å². The molecule has 5 rings (SSSR count). The second-order valence-corrected chi connectivity index (χ2v) is 11.0. The number of piperidine rings is 2.